The average molecular weight is 326 g/mol. The molecule has 0 aliphatic heterocycles. The first-order chi connectivity index (χ1) is 7.86. The molecule has 0 saturated heterocycles. The van der Waals surface area contributed by atoms with Gasteiger partial charge in [-0.3, -0.25) is 0 Å². The molecule has 1 aromatic rings. The highest BCUT2D eigenvalue weighted by Crippen LogP contribution is 2.25. The molecule has 0 unspecified atom stereocenters. The third kappa shape index (κ3) is 4.07. The van der Waals surface area contributed by atoms with E-state index in [1.807, 2.05) is 6.92 Å². The summed E-state index contributed by atoms with van der Waals surface area (Å²) in [4.78, 5) is 2.44. The van der Waals surface area contributed by atoms with Crippen molar-refractivity contribution in [3.05, 3.63) is 16.5 Å². The molecule has 0 amide bonds. The van der Waals surface area contributed by atoms with Gasteiger partial charge in [0.15, 0.2) is 4.67 Å². The second kappa shape index (κ2) is 5.96. The third-order valence-corrected chi connectivity index (χ3v) is 4.19. The lowest BCUT2D eigenvalue weighted by Crippen LogP contribution is -2.36. The van der Waals surface area contributed by atoms with Crippen LogP contribution < -0.4 is 10.1 Å². The van der Waals surface area contributed by atoms with Gasteiger partial charge in [0.05, 0.1) is 6.54 Å². The van der Waals surface area contributed by atoms with Crippen LogP contribution in [-0.4, -0.2) is 34.1 Å². The van der Waals surface area contributed by atoms with Crippen LogP contribution in [0.3, 0.4) is 0 Å². The van der Waals surface area contributed by atoms with Crippen molar-refractivity contribution < 1.29 is 12.8 Å². The number of hydrogen-bond donors (Lipinski definition) is 2. The molecule has 0 spiro atoms. The molecule has 17 heavy (non-hydrogen) atoms. The van der Waals surface area contributed by atoms with Crippen molar-refractivity contribution >= 4 is 26.0 Å². The molecule has 2 N–H and O–H groups in total. The van der Waals surface area contributed by atoms with E-state index in [9.17, 15) is 8.42 Å². The topological polar surface area (TPSA) is 74.6 Å². The summed E-state index contributed by atoms with van der Waals surface area (Å²) in [7, 11) is -0.382. The molecule has 0 bridgehead atoms. The maximum atomic E-state index is 11.9. The summed E-state index contributed by atoms with van der Waals surface area (Å²) in [5.74, 6) is 0.567. The summed E-state index contributed by atoms with van der Waals surface area (Å²) in [6, 6.07) is 1.50. The number of nitrogens with one attached hydrogen (secondary N) is 2. The quantitative estimate of drug-likeness (QED) is 0.760. The van der Waals surface area contributed by atoms with Crippen molar-refractivity contribution in [2.75, 3.05) is 20.6 Å². The molecule has 0 atom stereocenters. The normalized spacial score (nSPS) is 12.3. The summed E-state index contributed by atoms with van der Waals surface area (Å²) in [5.41, 5.74) is 0. The molecule has 8 heteroatoms. The fourth-order valence-electron chi connectivity index (χ4n) is 1.21. The van der Waals surface area contributed by atoms with Crippen molar-refractivity contribution in [1.82, 2.24) is 15.2 Å². The summed E-state index contributed by atoms with van der Waals surface area (Å²) in [5, 5.41) is 4.42. The lowest BCUT2D eigenvalue weighted by atomic mass is 10.4. The fraction of sp³-hybridized carbons (Fsp3) is 0.556. The third-order valence-electron chi connectivity index (χ3n) is 1.85. The highest BCUT2D eigenvalue weighted by molar-refractivity contribution is 9.10. The molecule has 0 aliphatic rings. The van der Waals surface area contributed by atoms with Crippen LogP contribution in [0.4, 0.5) is 0 Å². The smallest absolute Gasteiger partial charge is 0.257 e. The highest BCUT2D eigenvalue weighted by atomic mass is 79.9. The monoisotopic (exact) mass is 325 g/mol. The van der Waals surface area contributed by atoms with Gasteiger partial charge in [0.2, 0.25) is 0 Å². The van der Waals surface area contributed by atoms with Gasteiger partial charge in [0.25, 0.3) is 10.0 Å². The van der Waals surface area contributed by atoms with Crippen LogP contribution in [0, 0.1) is 0 Å². The van der Waals surface area contributed by atoms with Gasteiger partial charge in [0.1, 0.15) is 10.7 Å². The number of rotatable bonds is 6. The molecule has 1 rings (SSSR count). The Labute approximate surface area is 110 Å². The van der Waals surface area contributed by atoms with Crippen LogP contribution in [0.25, 0.3) is 0 Å². The molecule has 0 radical (unpaired) electrons. The molecule has 0 aliphatic carbocycles. The van der Waals surface area contributed by atoms with Crippen molar-refractivity contribution in [1.29, 1.82) is 0 Å². The van der Waals surface area contributed by atoms with Crippen LogP contribution in [0.1, 0.15) is 12.7 Å². The fourth-order valence-corrected chi connectivity index (χ4v) is 3.29. The van der Waals surface area contributed by atoms with Gasteiger partial charge in [-0.15, -0.1) is 4.83 Å². The van der Waals surface area contributed by atoms with E-state index in [4.69, 9.17) is 4.42 Å². The maximum Gasteiger partial charge on any atom is 0.257 e. The number of hydrogen-bond acceptors (Lipinski definition) is 5. The van der Waals surface area contributed by atoms with E-state index in [0.717, 1.165) is 6.54 Å². The number of hydrazine groups is 1. The van der Waals surface area contributed by atoms with Crippen molar-refractivity contribution in [3.8, 4) is 0 Å². The first-order valence-corrected chi connectivity index (χ1v) is 7.33. The second-order valence-electron chi connectivity index (χ2n) is 3.62. The summed E-state index contributed by atoms with van der Waals surface area (Å²) in [6.45, 7) is 3.24. The Morgan fingerprint density at radius 1 is 1.47 bits per heavy atom. The summed E-state index contributed by atoms with van der Waals surface area (Å²) in [6.07, 6.45) is 0. The minimum Gasteiger partial charge on any atom is -0.452 e. The largest absolute Gasteiger partial charge is 0.452 e. The van der Waals surface area contributed by atoms with Crippen LogP contribution in [0.15, 0.2) is 20.0 Å². The van der Waals surface area contributed by atoms with Gasteiger partial charge in [-0.05, 0) is 22.5 Å². The van der Waals surface area contributed by atoms with Gasteiger partial charge in [-0.1, -0.05) is 6.92 Å². The Bertz CT molecular complexity index is 470. The molecule has 6 nitrogen and oxygen atoms in total. The van der Waals surface area contributed by atoms with Crippen molar-refractivity contribution in [3.63, 3.8) is 0 Å². The number of nitrogens with zero attached hydrogens (tertiary/aromatic N) is 1. The average Bonchev–Trinajstić information content (AvgIpc) is 2.55. The minimum atomic E-state index is -3.59. The summed E-state index contributed by atoms with van der Waals surface area (Å²) >= 11 is 3.10. The van der Waals surface area contributed by atoms with Crippen molar-refractivity contribution in [2.24, 2.45) is 0 Å². The standard InChI is InChI=1S/C9H16BrN3O3S/c1-4-11-6-7-5-8(9(10)16-7)17(14,15)12-13(2)3/h5,11-12H,4,6H2,1-3H3. The number of sulfonamides is 1. The van der Waals surface area contributed by atoms with Crippen LogP contribution >= 0.6 is 15.9 Å². The van der Waals surface area contributed by atoms with E-state index in [1.165, 1.54) is 11.1 Å². The van der Waals surface area contributed by atoms with Crippen LogP contribution in [-0.2, 0) is 16.6 Å². The zero-order chi connectivity index (χ0) is 13.1. The molecule has 1 heterocycles. The van der Waals surface area contributed by atoms with Crippen LogP contribution in [0.2, 0.25) is 0 Å². The van der Waals surface area contributed by atoms with Gasteiger partial charge < -0.3 is 9.73 Å². The van der Waals surface area contributed by atoms with Gasteiger partial charge in [-0.2, -0.15) is 0 Å². The molecule has 98 valence electrons. The lowest BCUT2D eigenvalue weighted by molar-refractivity contribution is 0.363. The van der Waals surface area contributed by atoms with E-state index in [2.05, 4.69) is 26.1 Å². The maximum absolute atomic E-state index is 11.9. The van der Waals surface area contributed by atoms with E-state index < -0.39 is 10.0 Å². The zero-order valence-electron chi connectivity index (χ0n) is 9.95. The van der Waals surface area contributed by atoms with E-state index in [1.54, 1.807) is 14.1 Å². The Morgan fingerprint density at radius 2 is 2.12 bits per heavy atom. The first kappa shape index (κ1) is 14.7. The predicted octanol–water partition coefficient (Wildman–Crippen LogP) is 0.906. The van der Waals surface area contributed by atoms with Gasteiger partial charge in [-0.25, -0.2) is 13.4 Å². The SMILES string of the molecule is CCNCc1cc(S(=O)(=O)NN(C)C)c(Br)o1. The Hall–Kier alpha value is -0.410. The molecular formula is C9H16BrN3O3S. The number of halogens is 1. The molecular weight excluding hydrogens is 310 g/mol. The molecule has 0 saturated carbocycles. The second-order valence-corrected chi connectivity index (χ2v) is 5.97. The Kier molecular flexibility index (Phi) is 5.14. The first-order valence-electron chi connectivity index (χ1n) is 5.05. The predicted molar refractivity (Wildman–Crippen MR) is 67.8 cm³/mol. The van der Waals surface area contributed by atoms with Crippen LogP contribution in [0.5, 0.6) is 0 Å². The van der Waals surface area contributed by atoms with E-state index in [-0.39, 0.29) is 9.56 Å². The summed E-state index contributed by atoms with van der Waals surface area (Å²) < 4.78 is 29.3. The lowest BCUT2D eigenvalue weighted by Gasteiger charge is -2.10. The molecule has 1 aromatic heterocycles. The van der Waals surface area contributed by atoms with Crippen molar-refractivity contribution in [2.45, 2.75) is 18.4 Å². The van der Waals surface area contributed by atoms with Gasteiger partial charge in [0, 0.05) is 20.2 Å². The Morgan fingerprint density at radius 3 is 2.65 bits per heavy atom. The highest BCUT2D eigenvalue weighted by Gasteiger charge is 2.22. The van der Waals surface area contributed by atoms with Gasteiger partial charge >= 0.3 is 0 Å². The minimum absolute atomic E-state index is 0.0964. The zero-order valence-corrected chi connectivity index (χ0v) is 12.4. The molecule has 0 aromatic carbocycles. The molecule has 0 fully saturated rings. The Balaban J connectivity index is 2.94. The number of furan rings is 1. The van der Waals surface area contributed by atoms with E-state index >= 15 is 0 Å². The van der Waals surface area contributed by atoms with E-state index in [0.29, 0.717) is 12.3 Å².